The number of rotatable bonds is 9. The Hall–Kier alpha value is -0.550. The smallest absolute Gasteiger partial charge is 0.0683 e. The van der Waals surface area contributed by atoms with Gasteiger partial charge in [-0.3, -0.25) is 0 Å². The van der Waals surface area contributed by atoms with Crippen LogP contribution < -0.4 is 0 Å². The predicted octanol–water partition coefficient (Wildman–Crippen LogP) is 3.83. The molecule has 0 heterocycles. The molecule has 0 unspecified atom stereocenters. The minimum absolute atomic E-state index is 0.138. The number of hydrogen-bond donors (Lipinski definition) is 0. The highest BCUT2D eigenvalue weighted by molar-refractivity contribution is 4.91. The van der Waals surface area contributed by atoms with Crippen LogP contribution in [0.1, 0.15) is 59.3 Å². The Labute approximate surface area is 102 Å². The first-order valence-corrected chi connectivity index (χ1v) is 6.61. The second kappa shape index (κ2) is 8.58. The van der Waals surface area contributed by atoms with Crippen molar-refractivity contribution in [3.63, 3.8) is 0 Å². The predicted molar refractivity (Wildman–Crippen MR) is 70.3 cm³/mol. The van der Waals surface area contributed by atoms with Gasteiger partial charge in [0.15, 0.2) is 0 Å². The summed E-state index contributed by atoms with van der Waals surface area (Å²) in [7, 11) is 2.20. The van der Waals surface area contributed by atoms with Crippen LogP contribution in [0.3, 0.4) is 0 Å². The van der Waals surface area contributed by atoms with Gasteiger partial charge in [-0.2, -0.15) is 5.26 Å². The molecular weight excluding hydrogens is 196 g/mol. The van der Waals surface area contributed by atoms with Crippen molar-refractivity contribution in [3.8, 4) is 6.07 Å². The quantitative estimate of drug-likeness (QED) is 0.557. The Balaban J connectivity index is 3.41. The van der Waals surface area contributed by atoms with Crippen molar-refractivity contribution < 1.29 is 0 Å². The lowest BCUT2D eigenvalue weighted by molar-refractivity contribution is 0.307. The van der Waals surface area contributed by atoms with Gasteiger partial charge in [0.1, 0.15) is 0 Å². The van der Waals surface area contributed by atoms with Crippen molar-refractivity contribution in [1.29, 1.82) is 5.26 Å². The van der Waals surface area contributed by atoms with E-state index in [9.17, 15) is 0 Å². The third-order valence-corrected chi connectivity index (χ3v) is 3.04. The Morgan fingerprint density at radius 3 is 2.12 bits per heavy atom. The third-order valence-electron chi connectivity index (χ3n) is 3.04. The van der Waals surface area contributed by atoms with E-state index in [0.29, 0.717) is 0 Å². The first kappa shape index (κ1) is 15.4. The maximum Gasteiger partial charge on any atom is 0.0683 e. The minimum Gasteiger partial charge on any atom is -0.306 e. The SMILES string of the molecule is CCCCCN(C)CCCCC(C)(C)C#N. The van der Waals surface area contributed by atoms with Crippen molar-refractivity contribution in [2.45, 2.75) is 59.3 Å². The molecule has 0 rings (SSSR count). The Morgan fingerprint density at radius 1 is 1.06 bits per heavy atom. The molecular formula is C14H28N2. The van der Waals surface area contributed by atoms with E-state index in [0.717, 1.165) is 6.42 Å². The van der Waals surface area contributed by atoms with E-state index < -0.39 is 0 Å². The Morgan fingerprint density at radius 2 is 1.62 bits per heavy atom. The fourth-order valence-electron chi connectivity index (χ4n) is 1.75. The molecule has 0 saturated carbocycles. The highest BCUT2D eigenvalue weighted by Gasteiger charge is 2.15. The van der Waals surface area contributed by atoms with Crippen LogP contribution in [0.15, 0.2) is 0 Å². The molecule has 2 heteroatoms. The summed E-state index contributed by atoms with van der Waals surface area (Å²) in [5.41, 5.74) is -0.138. The number of nitriles is 1. The topological polar surface area (TPSA) is 27.0 Å². The van der Waals surface area contributed by atoms with E-state index in [1.165, 1.54) is 45.2 Å². The average molecular weight is 224 g/mol. The van der Waals surface area contributed by atoms with Crippen LogP contribution >= 0.6 is 0 Å². The standard InChI is InChI=1S/C14H28N2/c1-5-6-8-11-16(4)12-9-7-10-14(2,3)13-15/h5-12H2,1-4H3. The molecule has 0 fully saturated rings. The maximum absolute atomic E-state index is 8.89. The summed E-state index contributed by atoms with van der Waals surface area (Å²) in [4.78, 5) is 2.41. The van der Waals surface area contributed by atoms with E-state index >= 15 is 0 Å². The Kier molecular flexibility index (Phi) is 8.29. The molecule has 0 radical (unpaired) electrons. The van der Waals surface area contributed by atoms with E-state index in [1.807, 2.05) is 13.8 Å². The molecule has 0 saturated heterocycles. The van der Waals surface area contributed by atoms with Gasteiger partial charge in [0.05, 0.1) is 11.5 Å². The van der Waals surface area contributed by atoms with Gasteiger partial charge in [-0.25, -0.2) is 0 Å². The van der Waals surface area contributed by atoms with Crippen LogP contribution in [0.5, 0.6) is 0 Å². The second-order valence-corrected chi connectivity index (χ2v) is 5.46. The van der Waals surface area contributed by atoms with E-state index in [-0.39, 0.29) is 5.41 Å². The third kappa shape index (κ3) is 8.73. The van der Waals surface area contributed by atoms with Crippen LogP contribution in [-0.4, -0.2) is 25.0 Å². The highest BCUT2D eigenvalue weighted by Crippen LogP contribution is 2.21. The van der Waals surface area contributed by atoms with Crippen LogP contribution in [-0.2, 0) is 0 Å². The molecule has 0 aliphatic heterocycles. The molecule has 0 bridgehead atoms. The van der Waals surface area contributed by atoms with E-state index in [2.05, 4.69) is 24.9 Å². The van der Waals surface area contributed by atoms with Crippen molar-refractivity contribution in [2.24, 2.45) is 5.41 Å². The Bertz CT molecular complexity index is 203. The lowest BCUT2D eigenvalue weighted by Crippen LogP contribution is -2.21. The van der Waals surface area contributed by atoms with Crippen LogP contribution in [0.4, 0.5) is 0 Å². The monoisotopic (exact) mass is 224 g/mol. The molecule has 0 amide bonds. The first-order chi connectivity index (χ1) is 7.52. The van der Waals surface area contributed by atoms with Gasteiger partial charge in [0, 0.05) is 0 Å². The van der Waals surface area contributed by atoms with Crippen molar-refractivity contribution in [2.75, 3.05) is 20.1 Å². The summed E-state index contributed by atoms with van der Waals surface area (Å²) < 4.78 is 0. The van der Waals surface area contributed by atoms with Crippen LogP contribution in [0.25, 0.3) is 0 Å². The van der Waals surface area contributed by atoms with Gasteiger partial charge in [0.2, 0.25) is 0 Å². The van der Waals surface area contributed by atoms with Crippen LogP contribution in [0, 0.1) is 16.7 Å². The normalized spacial score (nSPS) is 11.8. The molecule has 0 aromatic carbocycles. The molecule has 16 heavy (non-hydrogen) atoms. The summed E-state index contributed by atoms with van der Waals surface area (Å²) in [5.74, 6) is 0. The maximum atomic E-state index is 8.89. The number of nitrogens with zero attached hydrogens (tertiary/aromatic N) is 2. The summed E-state index contributed by atoms with van der Waals surface area (Å²) in [5, 5.41) is 8.89. The fourth-order valence-corrected chi connectivity index (χ4v) is 1.75. The molecule has 0 spiro atoms. The molecule has 0 aromatic heterocycles. The molecule has 0 N–H and O–H groups in total. The zero-order valence-electron chi connectivity index (χ0n) is 11.6. The summed E-state index contributed by atoms with van der Waals surface area (Å²) >= 11 is 0. The van der Waals surface area contributed by atoms with Gasteiger partial charge in [-0.1, -0.05) is 26.2 Å². The van der Waals surface area contributed by atoms with Crippen molar-refractivity contribution >= 4 is 0 Å². The first-order valence-electron chi connectivity index (χ1n) is 6.61. The molecule has 0 atom stereocenters. The molecule has 0 aliphatic carbocycles. The number of unbranched alkanes of at least 4 members (excludes halogenated alkanes) is 3. The van der Waals surface area contributed by atoms with Gasteiger partial charge in [-0.15, -0.1) is 0 Å². The van der Waals surface area contributed by atoms with Gasteiger partial charge >= 0.3 is 0 Å². The molecule has 94 valence electrons. The molecule has 2 nitrogen and oxygen atoms in total. The minimum atomic E-state index is -0.138. The van der Waals surface area contributed by atoms with Gasteiger partial charge in [0.25, 0.3) is 0 Å². The molecule has 0 aliphatic rings. The highest BCUT2D eigenvalue weighted by atomic mass is 15.1. The zero-order chi connectivity index (χ0) is 12.4. The van der Waals surface area contributed by atoms with Crippen LogP contribution in [0.2, 0.25) is 0 Å². The van der Waals surface area contributed by atoms with Crippen molar-refractivity contribution in [3.05, 3.63) is 0 Å². The zero-order valence-corrected chi connectivity index (χ0v) is 11.6. The second-order valence-electron chi connectivity index (χ2n) is 5.46. The molecule has 0 aromatic rings. The lowest BCUT2D eigenvalue weighted by Gasteiger charge is -2.18. The lowest BCUT2D eigenvalue weighted by atomic mass is 9.89. The van der Waals surface area contributed by atoms with Gasteiger partial charge in [-0.05, 0) is 53.2 Å². The van der Waals surface area contributed by atoms with Gasteiger partial charge < -0.3 is 4.90 Å². The summed E-state index contributed by atoms with van der Waals surface area (Å²) in [6.45, 7) is 8.68. The van der Waals surface area contributed by atoms with E-state index in [4.69, 9.17) is 5.26 Å². The fraction of sp³-hybridized carbons (Fsp3) is 0.929. The largest absolute Gasteiger partial charge is 0.306 e. The number of hydrogen-bond acceptors (Lipinski definition) is 2. The summed E-state index contributed by atoms with van der Waals surface area (Å²) in [6.07, 6.45) is 7.35. The average Bonchev–Trinajstić information content (AvgIpc) is 2.25. The summed E-state index contributed by atoms with van der Waals surface area (Å²) in [6, 6.07) is 2.36. The van der Waals surface area contributed by atoms with Crippen molar-refractivity contribution in [1.82, 2.24) is 4.90 Å². The van der Waals surface area contributed by atoms with E-state index in [1.54, 1.807) is 0 Å².